The Hall–Kier alpha value is -4.70. The number of alkyl halides is 3. The van der Waals surface area contributed by atoms with Crippen LogP contribution in [0.2, 0.25) is 0 Å². The summed E-state index contributed by atoms with van der Waals surface area (Å²) in [5, 5.41) is 19.2. The summed E-state index contributed by atoms with van der Waals surface area (Å²) >= 11 is 0. The quantitative estimate of drug-likeness (QED) is 0.241. The van der Waals surface area contributed by atoms with Gasteiger partial charge in [0, 0.05) is 32.4 Å². The molecule has 1 aliphatic rings. The molecule has 1 saturated heterocycles. The van der Waals surface area contributed by atoms with Gasteiger partial charge in [0.25, 0.3) is 10.0 Å². The van der Waals surface area contributed by atoms with Crippen LogP contribution in [0, 0.1) is 11.3 Å². The van der Waals surface area contributed by atoms with Crippen LogP contribution in [0.3, 0.4) is 0 Å². The van der Waals surface area contributed by atoms with Crippen LogP contribution in [0.4, 0.5) is 13.2 Å². The number of sulfonamides is 1. The molecule has 0 aliphatic carbocycles. The number of nitriles is 1. The maximum atomic E-state index is 14.2. The zero-order valence-corrected chi connectivity index (χ0v) is 27.4. The lowest BCUT2D eigenvalue weighted by Gasteiger charge is -2.34. The first-order chi connectivity index (χ1) is 22.7. The highest BCUT2D eigenvalue weighted by Gasteiger charge is 2.35. The molecule has 3 aromatic rings. The van der Waals surface area contributed by atoms with Crippen molar-refractivity contribution in [3.05, 3.63) is 137 Å². The molecule has 4 rings (SSSR count). The molecule has 48 heavy (non-hydrogen) atoms. The highest BCUT2D eigenvalue weighted by atomic mass is 32.2. The minimum absolute atomic E-state index is 0.105. The molecule has 1 fully saturated rings. The number of hydrogen-bond donors (Lipinski definition) is 2. The fourth-order valence-electron chi connectivity index (χ4n) is 5.59. The lowest BCUT2D eigenvalue weighted by Crippen LogP contribution is -2.47. The van der Waals surface area contributed by atoms with Crippen LogP contribution in [-0.4, -0.2) is 68.1 Å². The van der Waals surface area contributed by atoms with Crippen LogP contribution in [0.15, 0.2) is 120 Å². The minimum Gasteiger partial charge on any atom is -0.392 e. The van der Waals surface area contributed by atoms with E-state index in [9.17, 15) is 31.5 Å². The summed E-state index contributed by atoms with van der Waals surface area (Å²) < 4.78 is 68.3. The predicted molar refractivity (Wildman–Crippen MR) is 177 cm³/mol. The van der Waals surface area contributed by atoms with Gasteiger partial charge in [0.05, 0.1) is 40.2 Å². The fraction of sp³-hybridized carbons (Fsp3) is 0.278. The van der Waals surface area contributed by atoms with E-state index in [0.29, 0.717) is 37.7 Å². The summed E-state index contributed by atoms with van der Waals surface area (Å²) in [4.78, 5) is 17.3. The van der Waals surface area contributed by atoms with Crippen molar-refractivity contribution in [2.75, 3.05) is 26.7 Å². The molecule has 0 unspecified atom stereocenters. The van der Waals surface area contributed by atoms with Crippen LogP contribution >= 0.6 is 0 Å². The number of halogens is 3. The third-order valence-corrected chi connectivity index (χ3v) is 9.58. The molecule has 12 heteroatoms. The highest BCUT2D eigenvalue weighted by molar-refractivity contribution is 7.89. The van der Waals surface area contributed by atoms with E-state index in [1.165, 1.54) is 25.1 Å². The third-order valence-electron chi connectivity index (χ3n) is 8.11. The number of aliphatic hydroxyl groups is 1. The molecule has 0 spiro atoms. The standard InChI is InChI=1S/C36H37F3N4O4S/c1-25(11-10-12-26(2)41-48(46,47)31-18-17-29(22-40)32(21-31)36(37,38)39)33(24-43-20-19-30(44)23-43)42(3)35(45)34(27-13-6-4-7-14-27)28-15-8-5-9-16-28/h4-18,21,30,33-34,41,44H,1,19-20,23-24H2,2-3H3/b11-10-,26-12+/t30-,33-/m1/s1. The smallest absolute Gasteiger partial charge is 0.392 e. The molecule has 2 N–H and O–H groups in total. The van der Waals surface area contributed by atoms with E-state index in [2.05, 4.69) is 16.2 Å². The number of hydrogen-bond acceptors (Lipinski definition) is 6. The van der Waals surface area contributed by atoms with Crippen molar-refractivity contribution < 1.29 is 31.5 Å². The monoisotopic (exact) mass is 678 g/mol. The number of benzene rings is 3. The number of β-amino-alcohol motifs (C(OH)–C–C–N with tert-alkyl or cyclic N) is 1. The van der Waals surface area contributed by atoms with Gasteiger partial charge in [-0.25, -0.2) is 8.42 Å². The molecular weight excluding hydrogens is 641 g/mol. The van der Waals surface area contributed by atoms with E-state index in [4.69, 9.17) is 5.26 Å². The number of likely N-dealkylation sites (tertiary alicyclic amines) is 1. The first-order valence-electron chi connectivity index (χ1n) is 15.2. The molecule has 0 saturated carbocycles. The molecule has 1 aliphatic heterocycles. The minimum atomic E-state index is -4.91. The summed E-state index contributed by atoms with van der Waals surface area (Å²) in [7, 11) is -2.70. The second kappa shape index (κ2) is 15.5. The van der Waals surface area contributed by atoms with E-state index in [0.717, 1.165) is 23.3 Å². The summed E-state index contributed by atoms with van der Waals surface area (Å²) in [5.41, 5.74) is 0.271. The summed E-state index contributed by atoms with van der Waals surface area (Å²) in [5.74, 6) is -0.746. The van der Waals surface area contributed by atoms with Gasteiger partial charge < -0.3 is 10.0 Å². The molecular formula is C36H37F3N4O4S. The molecule has 2 atom stereocenters. The predicted octanol–water partition coefficient (Wildman–Crippen LogP) is 5.60. The van der Waals surface area contributed by atoms with Crippen molar-refractivity contribution in [1.82, 2.24) is 14.5 Å². The lowest BCUT2D eigenvalue weighted by atomic mass is 9.89. The first-order valence-corrected chi connectivity index (χ1v) is 16.6. The Bertz CT molecular complexity index is 1780. The Labute approximate surface area is 279 Å². The maximum absolute atomic E-state index is 14.2. The number of amides is 1. The van der Waals surface area contributed by atoms with Crippen LogP contribution in [0.1, 0.15) is 41.5 Å². The van der Waals surface area contributed by atoms with Crippen molar-refractivity contribution in [3.8, 4) is 6.07 Å². The topological polar surface area (TPSA) is 114 Å². The maximum Gasteiger partial charge on any atom is 0.417 e. The number of likely N-dealkylation sites (N-methyl/N-ethyl adjacent to an activating group) is 1. The summed E-state index contributed by atoms with van der Waals surface area (Å²) in [6.07, 6.45) is -0.177. The van der Waals surface area contributed by atoms with Gasteiger partial charge in [0.1, 0.15) is 0 Å². The van der Waals surface area contributed by atoms with E-state index in [-0.39, 0.29) is 11.6 Å². The molecule has 1 heterocycles. The molecule has 1 amide bonds. The SMILES string of the molecule is C=C(/C=C\C=C(/C)NS(=O)(=O)c1ccc(C#N)c(C(F)(F)F)c1)[C@@H](CN1CC[C@@H](O)C1)N(C)C(=O)C(c1ccccc1)c1ccccc1. The normalized spacial score (nSPS) is 16.5. The highest BCUT2D eigenvalue weighted by Crippen LogP contribution is 2.33. The Morgan fingerprint density at radius 3 is 2.25 bits per heavy atom. The second-order valence-corrected chi connectivity index (χ2v) is 13.3. The zero-order chi connectivity index (χ0) is 35.1. The van der Waals surface area contributed by atoms with Gasteiger partial charge in [0.2, 0.25) is 5.91 Å². The lowest BCUT2D eigenvalue weighted by molar-refractivity contribution is -0.138. The van der Waals surface area contributed by atoms with Crippen molar-refractivity contribution in [2.45, 2.75) is 42.5 Å². The van der Waals surface area contributed by atoms with Gasteiger partial charge in [-0.05, 0) is 54.3 Å². The van der Waals surface area contributed by atoms with Crippen LogP contribution < -0.4 is 4.72 Å². The second-order valence-electron chi connectivity index (χ2n) is 11.6. The van der Waals surface area contributed by atoms with Crippen LogP contribution in [-0.2, 0) is 21.0 Å². The van der Waals surface area contributed by atoms with Gasteiger partial charge in [-0.15, -0.1) is 0 Å². The molecule has 8 nitrogen and oxygen atoms in total. The van der Waals surface area contributed by atoms with Crippen molar-refractivity contribution >= 4 is 15.9 Å². The third kappa shape index (κ3) is 9.01. The van der Waals surface area contributed by atoms with E-state index in [1.807, 2.05) is 60.7 Å². The fourth-order valence-corrected chi connectivity index (χ4v) is 6.72. The number of rotatable bonds is 12. The Morgan fingerprint density at radius 1 is 1.12 bits per heavy atom. The van der Waals surface area contributed by atoms with Crippen LogP contribution in [0.25, 0.3) is 0 Å². The number of carbonyl (C=O) groups is 1. The van der Waals surface area contributed by atoms with Gasteiger partial charge >= 0.3 is 6.18 Å². The van der Waals surface area contributed by atoms with Gasteiger partial charge in [-0.2, -0.15) is 18.4 Å². The molecule has 3 aromatic carbocycles. The van der Waals surface area contributed by atoms with E-state index >= 15 is 0 Å². The van der Waals surface area contributed by atoms with Gasteiger partial charge in [0.15, 0.2) is 0 Å². The Kier molecular flexibility index (Phi) is 11.6. The average molecular weight is 679 g/mol. The van der Waals surface area contributed by atoms with Crippen molar-refractivity contribution in [3.63, 3.8) is 0 Å². The average Bonchev–Trinajstić information content (AvgIpc) is 3.47. The molecule has 0 radical (unpaired) electrons. The molecule has 0 aromatic heterocycles. The van der Waals surface area contributed by atoms with Crippen LogP contribution in [0.5, 0.6) is 0 Å². The van der Waals surface area contributed by atoms with Gasteiger partial charge in [-0.3, -0.25) is 14.4 Å². The first kappa shape index (κ1) is 36.1. The van der Waals surface area contributed by atoms with Crippen molar-refractivity contribution in [1.29, 1.82) is 5.26 Å². The van der Waals surface area contributed by atoms with E-state index < -0.39 is 50.3 Å². The number of nitrogens with zero attached hydrogens (tertiary/aromatic N) is 3. The molecule has 252 valence electrons. The Morgan fingerprint density at radius 2 is 1.73 bits per heavy atom. The number of nitrogens with one attached hydrogen (secondary N) is 1. The molecule has 0 bridgehead atoms. The number of aliphatic hydroxyl groups excluding tert-OH is 1. The van der Waals surface area contributed by atoms with Gasteiger partial charge in [-0.1, -0.05) is 79.4 Å². The number of allylic oxidation sites excluding steroid dienone is 3. The zero-order valence-electron chi connectivity index (χ0n) is 26.6. The largest absolute Gasteiger partial charge is 0.417 e. The summed E-state index contributed by atoms with van der Waals surface area (Å²) in [6, 6.07) is 22.0. The number of carbonyl (C=O) groups excluding carboxylic acids is 1. The Balaban J connectivity index is 1.57. The van der Waals surface area contributed by atoms with E-state index in [1.54, 1.807) is 18.0 Å². The van der Waals surface area contributed by atoms with Crippen molar-refractivity contribution in [2.24, 2.45) is 0 Å². The summed E-state index contributed by atoms with van der Waals surface area (Å²) in [6.45, 7) is 7.14.